The largest absolute Gasteiger partial charge is 0.507 e. The van der Waals surface area contributed by atoms with E-state index in [4.69, 9.17) is 9.47 Å². The Bertz CT molecular complexity index is 1140. The van der Waals surface area contributed by atoms with Crippen molar-refractivity contribution >= 4 is 21.8 Å². The topological polar surface area (TPSA) is 86.7 Å². The summed E-state index contributed by atoms with van der Waals surface area (Å²) in [6, 6.07) is 19.0. The molecule has 0 amide bonds. The van der Waals surface area contributed by atoms with Crippen LogP contribution < -0.4 is 14.8 Å². The average Bonchev–Trinajstić information content (AvgIpc) is 3.16. The first kappa shape index (κ1) is 20.1. The Hall–Kier alpha value is -3.22. The van der Waals surface area contributed by atoms with E-state index < -0.39 is 6.10 Å². The number of rotatable bonds is 9. The molecule has 0 radical (unpaired) electrons. The van der Waals surface area contributed by atoms with Gasteiger partial charge < -0.3 is 30.0 Å². The Kier molecular flexibility index (Phi) is 6.07. The molecule has 0 spiro atoms. The predicted octanol–water partition coefficient (Wildman–Crippen LogP) is 3.61. The van der Waals surface area contributed by atoms with E-state index in [1.165, 1.54) is 0 Å². The third kappa shape index (κ3) is 4.20. The number of aromatic nitrogens is 1. The summed E-state index contributed by atoms with van der Waals surface area (Å²) in [5.41, 5.74) is 2.81. The molecule has 0 aliphatic heterocycles. The zero-order chi connectivity index (χ0) is 20.9. The molecule has 6 heteroatoms. The lowest BCUT2D eigenvalue weighted by atomic mass is 10.0. The quantitative estimate of drug-likeness (QED) is 0.319. The summed E-state index contributed by atoms with van der Waals surface area (Å²) in [6.45, 7) is 1.52. The van der Waals surface area contributed by atoms with E-state index in [1.54, 1.807) is 13.2 Å². The number of hydrogen-bond acceptors (Lipinski definition) is 5. The first-order chi connectivity index (χ1) is 14.7. The van der Waals surface area contributed by atoms with Crippen LogP contribution in [0.3, 0.4) is 0 Å². The fourth-order valence-corrected chi connectivity index (χ4v) is 3.73. The number of aliphatic hydroxyl groups excluding tert-OH is 1. The number of phenols is 1. The number of fused-ring (bicyclic) bond motifs is 3. The van der Waals surface area contributed by atoms with Crippen LogP contribution in [-0.2, 0) is 6.42 Å². The minimum absolute atomic E-state index is 0.243. The highest BCUT2D eigenvalue weighted by Gasteiger charge is 2.14. The Balaban J connectivity index is 1.34. The summed E-state index contributed by atoms with van der Waals surface area (Å²) in [4.78, 5) is 3.37. The third-order valence-electron chi connectivity index (χ3n) is 5.17. The zero-order valence-electron chi connectivity index (χ0n) is 16.9. The summed E-state index contributed by atoms with van der Waals surface area (Å²) in [7, 11) is 1.62. The van der Waals surface area contributed by atoms with Gasteiger partial charge in [-0.15, -0.1) is 0 Å². The highest BCUT2D eigenvalue weighted by molar-refractivity contribution is 6.11. The zero-order valence-corrected chi connectivity index (χ0v) is 16.9. The lowest BCUT2D eigenvalue weighted by Crippen LogP contribution is -2.31. The van der Waals surface area contributed by atoms with E-state index in [0.29, 0.717) is 37.6 Å². The van der Waals surface area contributed by atoms with Gasteiger partial charge in [0, 0.05) is 35.8 Å². The van der Waals surface area contributed by atoms with E-state index in [-0.39, 0.29) is 5.75 Å². The van der Waals surface area contributed by atoms with Gasteiger partial charge >= 0.3 is 0 Å². The van der Waals surface area contributed by atoms with Crippen LogP contribution in [0.4, 0.5) is 0 Å². The maximum atomic E-state index is 10.5. The van der Waals surface area contributed by atoms with Crippen LogP contribution in [0.5, 0.6) is 17.2 Å². The fraction of sp³-hybridized carbons (Fsp3) is 0.250. The monoisotopic (exact) mass is 406 g/mol. The van der Waals surface area contributed by atoms with Crippen LogP contribution >= 0.6 is 0 Å². The molecule has 4 aromatic rings. The molecular formula is C24H26N2O4. The van der Waals surface area contributed by atoms with Crippen LogP contribution in [0.15, 0.2) is 60.7 Å². The molecule has 4 rings (SSSR count). The molecule has 0 aliphatic rings. The summed E-state index contributed by atoms with van der Waals surface area (Å²) in [5, 5.41) is 25.8. The average molecular weight is 406 g/mol. The van der Waals surface area contributed by atoms with Crippen LogP contribution in [0.25, 0.3) is 21.8 Å². The van der Waals surface area contributed by atoms with Gasteiger partial charge in [0.2, 0.25) is 0 Å². The van der Waals surface area contributed by atoms with Crippen molar-refractivity contribution in [3.8, 4) is 17.2 Å². The van der Waals surface area contributed by atoms with Gasteiger partial charge in [-0.3, -0.25) is 0 Å². The number of para-hydroxylation sites is 3. The maximum absolute atomic E-state index is 10.5. The molecule has 0 fully saturated rings. The third-order valence-corrected chi connectivity index (χ3v) is 5.17. The van der Waals surface area contributed by atoms with E-state index in [1.807, 2.05) is 54.6 Å². The SMILES string of the molecule is COc1ccccc1OCCNCC(O)Cc1ccc(O)c2c1[nH]c1ccccc12. The molecule has 0 aliphatic carbocycles. The van der Waals surface area contributed by atoms with E-state index in [0.717, 1.165) is 27.4 Å². The molecule has 0 saturated carbocycles. The second kappa shape index (κ2) is 9.07. The number of ether oxygens (including phenoxy) is 2. The Morgan fingerprint density at radius 3 is 2.60 bits per heavy atom. The van der Waals surface area contributed by atoms with Crippen molar-refractivity contribution in [2.45, 2.75) is 12.5 Å². The standard InChI is InChI=1S/C24H26N2O4/c1-29-21-8-4-5-9-22(21)30-13-12-25-15-17(27)14-16-10-11-20(28)23-18-6-2-3-7-19(18)26-24(16)23/h2-11,17,25-28H,12-15H2,1H3. The molecule has 156 valence electrons. The van der Waals surface area contributed by atoms with Crippen molar-refractivity contribution in [2.75, 3.05) is 26.8 Å². The normalized spacial score (nSPS) is 12.3. The molecule has 1 unspecified atom stereocenters. The number of aromatic amines is 1. The van der Waals surface area contributed by atoms with Crippen molar-refractivity contribution in [3.63, 3.8) is 0 Å². The van der Waals surface area contributed by atoms with Crippen molar-refractivity contribution in [3.05, 3.63) is 66.2 Å². The first-order valence-corrected chi connectivity index (χ1v) is 10.0. The lowest BCUT2D eigenvalue weighted by molar-refractivity contribution is 0.169. The smallest absolute Gasteiger partial charge is 0.161 e. The summed E-state index contributed by atoms with van der Waals surface area (Å²) < 4.78 is 11.0. The van der Waals surface area contributed by atoms with Crippen molar-refractivity contribution in [2.24, 2.45) is 0 Å². The van der Waals surface area contributed by atoms with Gasteiger partial charge in [-0.25, -0.2) is 0 Å². The van der Waals surface area contributed by atoms with Crippen LogP contribution in [0, 0.1) is 0 Å². The number of methoxy groups -OCH3 is 1. The molecule has 6 nitrogen and oxygen atoms in total. The maximum Gasteiger partial charge on any atom is 0.161 e. The van der Waals surface area contributed by atoms with Crippen molar-refractivity contribution in [1.82, 2.24) is 10.3 Å². The first-order valence-electron chi connectivity index (χ1n) is 10.0. The highest BCUT2D eigenvalue weighted by atomic mass is 16.5. The van der Waals surface area contributed by atoms with Gasteiger partial charge in [-0.05, 0) is 29.8 Å². The molecular weight excluding hydrogens is 380 g/mol. The number of hydrogen-bond donors (Lipinski definition) is 4. The summed E-state index contributed by atoms with van der Waals surface area (Å²) in [5.74, 6) is 1.65. The second-order valence-electron chi connectivity index (χ2n) is 7.23. The lowest BCUT2D eigenvalue weighted by Gasteiger charge is -2.14. The number of phenolic OH excluding ortho intramolecular Hbond substituents is 1. The highest BCUT2D eigenvalue weighted by Crippen LogP contribution is 2.34. The van der Waals surface area contributed by atoms with E-state index in [9.17, 15) is 10.2 Å². The predicted molar refractivity (Wildman–Crippen MR) is 119 cm³/mol. The molecule has 0 saturated heterocycles. The second-order valence-corrected chi connectivity index (χ2v) is 7.23. The van der Waals surface area contributed by atoms with Crippen LogP contribution in [0.1, 0.15) is 5.56 Å². The van der Waals surface area contributed by atoms with Crippen LogP contribution in [-0.4, -0.2) is 48.1 Å². The number of nitrogens with one attached hydrogen (secondary N) is 2. The van der Waals surface area contributed by atoms with Gasteiger partial charge in [0.05, 0.1) is 18.7 Å². The fourth-order valence-electron chi connectivity index (χ4n) is 3.73. The Morgan fingerprint density at radius 2 is 1.77 bits per heavy atom. The van der Waals surface area contributed by atoms with E-state index in [2.05, 4.69) is 10.3 Å². The van der Waals surface area contributed by atoms with Gasteiger partial charge in [0.25, 0.3) is 0 Å². The van der Waals surface area contributed by atoms with Gasteiger partial charge in [-0.2, -0.15) is 0 Å². The Labute approximate surface area is 175 Å². The summed E-state index contributed by atoms with van der Waals surface area (Å²) in [6.07, 6.45) is -0.0836. The molecule has 1 aromatic heterocycles. The molecule has 4 N–H and O–H groups in total. The van der Waals surface area contributed by atoms with Gasteiger partial charge in [0.1, 0.15) is 12.4 Å². The molecule has 30 heavy (non-hydrogen) atoms. The molecule has 1 atom stereocenters. The number of benzene rings is 3. The summed E-state index contributed by atoms with van der Waals surface area (Å²) >= 11 is 0. The van der Waals surface area contributed by atoms with Crippen molar-refractivity contribution < 1.29 is 19.7 Å². The van der Waals surface area contributed by atoms with Crippen LogP contribution in [0.2, 0.25) is 0 Å². The van der Waals surface area contributed by atoms with Gasteiger partial charge in [0.15, 0.2) is 11.5 Å². The minimum Gasteiger partial charge on any atom is -0.507 e. The van der Waals surface area contributed by atoms with E-state index >= 15 is 0 Å². The van der Waals surface area contributed by atoms with Crippen molar-refractivity contribution in [1.29, 1.82) is 0 Å². The minimum atomic E-state index is -0.560. The number of aromatic hydroxyl groups is 1. The number of aliphatic hydroxyl groups is 1. The van der Waals surface area contributed by atoms with Gasteiger partial charge in [-0.1, -0.05) is 36.4 Å². The molecule has 3 aromatic carbocycles. The Morgan fingerprint density at radius 1 is 1.00 bits per heavy atom. The molecule has 0 bridgehead atoms. The molecule has 1 heterocycles. The number of H-pyrrole nitrogens is 1.